The van der Waals surface area contributed by atoms with Crippen LogP contribution in [0.3, 0.4) is 0 Å². The summed E-state index contributed by atoms with van der Waals surface area (Å²) in [6, 6.07) is 6.77. The maximum Gasteiger partial charge on any atom is 0.265 e. The van der Waals surface area contributed by atoms with Crippen molar-refractivity contribution in [1.29, 1.82) is 0 Å². The normalized spacial score (nSPS) is 10.3. The number of hydrazine groups is 1. The number of rotatable bonds is 1. The van der Waals surface area contributed by atoms with Gasteiger partial charge in [0.2, 0.25) is 0 Å². The molecule has 0 aliphatic carbocycles. The minimum Gasteiger partial charge on any atom is -0.290 e. The summed E-state index contributed by atoms with van der Waals surface area (Å²) < 4.78 is 0. The van der Waals surface area contributed by atoms with Gasteiger partial charge in [0.05, 0.1) is 11.1 Å². The Hall–Kier alpha value is -1.65. The van der Waals surface area contributed by atoms with E-state index in [0.717, 1.165) is 0 Å². The molecule has 0 bridgehead atoms. The van der Waals surface area contributed by atoms with Crippen molar-refractivity contribution in [3.05, 3.63) is 41.0 Å². The number of hydrogen-bond donors (Lipinski definition) is 2. The zero-order chi connectivity index (χ0) is 10.8. The number of fused-ring (bicyclic) bond motifs is 1. The molecule has 0 saturated carbocycles. The minimum absolute atomic E-state index is 0.357. The highest BCUT2D eigenvalue weighted by atomic mass is 35.5. The standard InChI is InChI=1S/C10H8ClN3O/c11-6-1-2-9-8(5-6)7(3-4-13-9)10(15)14-12/h1-5H,12H2,(H,14,15). The van der Waals surface area contributed by atoms with Gasteiger partial charge in [-0.3, -0.25) is 15.2 Å². The van der Waals surface area contributed by atoms with E-state index >= 15 is 0 Å². The SMILES string of the molecule is NNC(=O)c1ccnc2ccc(Cl)cc12. The molecule has 3 N–H and O–H groups in total. The van der Waals surface area contributed by atoms with Gasteiger partial charge >= 0.3 is 0 Å². The van der Waals surface area contributed by atoms with E-state index in [2.05, 4.69) is 10.4 Å². The van der Waals surface area contributed by atoms with Crippen molar-refractivity contribution in [2.45, 2.75) is 0 Å². The summed E-state index contributed by atoms with van der Waals surface area (Å²) in [5, 5.41) is 1.24. The van der Waals surface area contributed by atoms with Gasteiger partial charge in [0, 0.05) is 16.6 Å². The molecule has 15 heavy (non-hydrogen) atoms. The van der Waals surface area contributed by atoms with Gasteiger partial charge in [-0.05, 0) is 24.3 Å². The number of hydrogen-bond acceptors (Lipinski definition) is 3. The van der Waals surface area contributed by atoms with Crippen molar-refractivity contribution < 1.29 is 4.79 Å². The highest BCUT2D eigenvalue weighted by molar-refractivity contribution is 6.31. The van der Waals surface area contributed by atoms with Gasteiger partial charge < -0.3 is 0 Å². The van der Waals surface area contributed by atoms with Crippen molar-refractivity contribution in [1.82, 2.24) is 10.4 Å². The van der Waals surface area contributed by atoms with Gasteiger partial charge in [-0.25, -0.2) is 5.84 Å². The molecule has 0 aliphatic rings. The first kappa shape index (κ1) is 9.89. The van der Waals surface area contributed by atoms with E-state index in [4.69, 9.17) is 17.4 Å². The quantitative estimate of drug-likeness (QED) is 0.436. The summed E-state index contributed by atoms with van der Waals surface area (Å²) in [7, 11) is 0. The Labute approximate surface area is 91.0 Å². The van der Waals surface area contributed by atoms with Gasteiger partial charge in [-0.1, -0.05) is 11.6 Å². The lowest BCUT2D eigenvalue weighted by molar-refractivity contribution is 0.0955. The molecule has 2 rings (SSSR count). The molecule has 5 heteroatoms. The number of aromatic nitrogens is 1. The van der Waals surface area contributed by atoms with E-state index in [1.807, 2.05) is 0 Å². The molecular formula is C10H8ClN3O. The number of nitrogens with zero attached hydrogens (tertiary/aromatic N) is 1. The van der Waals surface area contributed by atoms with Gasteiger partial charge in [0.25, 0.3) is 5.91 Å². The van der Waals surface area contributed by atoms with Crippen LogP contribution in [0.2, 0.25) is 5.02 Å². The summed E-state index contributed by atoms with van der Waals surface area (Å²) in [6.07, 6.45) is 1.56. The number of pyridine rings is 1. The molecule has 76 valence electrons. The van der Waals surface area contributed by atoms with Gasteiger partial charge in [0.1, 0.15) is 0 Å². The molecule has 0 aliphatic heterocycles. The third-order valence-electron chi connectivity index (χ3n) is 2.08. The summed E-state index contributed by atoms with van der Waals surface area (Å²) in [5.41, 5.74) is 3.25. The summed E-state index contributed by atoms with van der Waals surface area (Å²) in [6.45, 7) is 0. The molecular weight excluding hydrogens is 214 g/mol. The summed E-state index contributed by atoms with van der Waals surface area (Å²) in [5.74, 6) is 4.72. The number of nitrogens with one attached hydrogen (secondary N) is 1. The number of halogens is 1. The Balaban J connectivity index is 2.74. The first-order valence-corrected chi connectivity index (χ1v) is 4.65. The Morgan fingerprint density at radius 1 is 1.40 bits per heavy atom. The van der Waals surface area contributed by atoms with Crippen molar-refractivity contribution in [3.8, 4) is 0 Å². The fourth-order valence-corrected chi connectivity index (χ4v) is 1.57. The molecule has 0 fully saturated rings. The van der Waals surface area contributed by atoms with E-state index in [-0.39, 0.29) is 5.91 Å². The van der Waals surface area contributed by atoms with E-state index in [1.165, 1.54) is 0 Å². The first-order chi connectivity index (χ1) is 7.22. The highest BCUT2D eigenvalue weighted by Gasteiger charge is 2.08. The molecule has 0 unspecified atom stereocenters. The van der Waals surface area contributed by atoms with Gasteiger partial charge in [0.15, 0.2) is 0 Å². The van der Waals surface area contributed by atoms with Crippen LogP contribution in [-0.2, 0) is 0 Å². The fraction of sp³-hybridized carbons (Fsp3) is 0. The summed E-state index contributed by atoms with van der Waals surface area (Å²) >= 11 is 5.85. The van der Waals surface area contributed by atoms with E-state index < -0.39 is 0 Å². The van der Waals surface area contributed by atoms with Crippen LogP contribution in [0.1, 0.15) is 10.4 Å². The maximum absolute atomic E-state index is 11.4. The second-order valence-electron chi connectivity index (χ2n) is 2.99. The van der Waals surface area contributed by atoms with Gasteiger partial charge in [-0.2, -0.15) is 0 Å². The Kier molecular flexibility index (Phi) is 2.53. The zero-order valence-corrected chi connectivity index (χ0v) is 8.45. The average molecular weight is 222 g/mol. The van der Waals surface area contributed by atoms with Gasteiger partial charge in [-0.15, -0.1) is 0 Å². The van der Waals surface area contributed by atoms with Crippen molar-refractivity contribution >= 4 is 28.4 Å². The molecule has 1 amide bonds. The number of nitrogen functional groups attached to an aromatic ring is 1. The third kappa shape index (κ3) is 1.77. The number of carbonyl (C=O) groups excluding carboxylic acids is 1. The number of benzene rings is 1. The van der Waals surface area contributed by atoms with Crippen LogP contribution in [0.15, 0.2) is 30.5 Å². The Morgan fingerprint density at radius 3 is 2.93 bits per heavy atom. The second kappa shape index (κ2) is 3.84. The van der Waals surface area contributed by atoms with Crippen molar-refractivity contribution in [3.63, 3.8) is 0 Å². The molecule has 0 saturated heterocycles. The average Bonchev–Trinajstić information content (AvgIpc) is 2.27. The largest absolute Gasteiger partial charge is 0.290 e. The molecule has 1 heterocycles. The maximum atomic E-state index is 11.4. The summed E-state index contributed by atoms with van der Waals surface area (Å²) in [4.78, 5) is 15.6. The molecule has 0 radical (unpaired) electrons. The number of amides is 1. The molecule has 1 aromatic heterocycles. The lowest BCUT2D eigenvalue weighted by atomic mass is 10.1. The minimum atomic E-state index is -0.357. The molecule has 4 nitrogen and oxygen atoms in total. The predicted octanol–water partition coefficient (Wildman–Crippen LogP) is 1.49. The van der Waals surface area contributed by atoms with E-state index in [9.17, 15) is 4.79 Å². The Bertz CT molecular complexity index is 527. The van der Waals surface area contributed by atoms with E-state index in [0.29, 0.717) is 21.5 Å². The predicted molar refractivity (Wildman–Crippen MR) is 58.4 cm³/mol. The zero-order valence-electron chi connectivity index (χ0n) is 7.70. The number of nitrogens with two attached hydrogens (primary N) is 1. The monoisotopic (exact) mass is 221 g/mol. The first-order valence-electron chi connectivity index (χ1n) is 4.27. The third-order valence-corrected chi connectivity index (χ3v) is 2.31. The molecule has 2 aromatic rings. The lowest BCUT2D eigenvalue weighted by Crippen LogP contribution is -2.30. The van der Waals surface area contributed by atoms with Crippen molar-refractivity contribution in [2.75, 3.05) is 0 Å². The van der Waals surface area contributed by atoms with Crippen LogP contribution >= 0.6 is 11.6 Å². The van der Waals surface area contributed by atoms with Crippen molar-refractivity contribution in [2.24, 2.45) is 5.84 Å². The van der Waals surface area contributed by atoms with Crippen LogP contribution in [0.5, 0.6) is 0 Å². The highest BCUT2D eigenvalue weighted by Crippen LogP contribution is 2.20. The van der Waals surface area contributed by atoms with Crippen LogP contribution in [-0.4, -0.2) is 10.9 Å². The molecule has 0 atom stereocenters. The fourth-order valence-electron chi connectivity index (χ4n) is 1.39. The lowest BCUT2D eigenvalue weighted by Gasteiger charge is -2.04. The molecule has 0 spiro atoms. The van der Waals surface area contributed by atoms with Crippen LogP contribution in [0.4, 0.5) is 0 Å². The van der Waals surface area contributed by atoms with Crippen LogP contribution in [0.25, 0.3) is 10.9 Å². The van der Waals surface area contributed by atoms with Crippen LogP contribution < -0.4 is 11.3 Å². The Morgan fingerprint density at radius 2 is 2.20 bits per heavy atom. The molecule has 1 aromatic carbocycles. The topological polar surface area (TPSA) is 68.0 Å². The second-order valence-corrected chi connectivity index (χ2v) is 3.43. The smallest absolute Gasteiger partial charge is 0.265 e. The van der Waals surface area contributed by atoms with E-state index in [1.54, 1.807) is 30.5 Å². The number of carbonyl (C=O) groups is 1. The van der Waals surface area contributed by atoms with Crippen LogP contribution in [0, 0.1) is 0 Å².